The quantitative estimate of drug-likeness (QED) is 0.449. The molecule has 4 unspecified atom stereocenters. The van der Waals surface area contributed by atoms with Crippen LogP contribution >= 0.6 is 0 Å². The first kappa shape index (κ1) is 11.5. The predicted octanol–water partition coefficient (Wildman–Crippen LogP) is -0.856. The molecule has 0 saturated carbocycles. The minimum atomic E-state index is -1.08. The number of hydrogen-bond acceptors (Lipinski definition) is 5. The molecule has 14 heavy (non-hydrogen) atoms. The summed E-state index contributed by atoms with van der Waals surface area (Å²) >= 11 is 0. The van der Waals surface area contributed by atoms with E-state index in [1.807, 2.05) is 0 Å². The third kappa shape index (κ3) is 2.45. The summed E-state index contributed by atoms with van der Waals surface area (Å²) in [4.78, 5) is 0. The molecule has 0 saturated heterocycles. The lowest BCUT2D eigenvalue weighted by molar-refractivity contribution is -0.162. The predicted molar refractivity (Wildman–Crippen MR) is 50.0 cm³/mol. The lowest BCUT2D eigenvalue weighted by atomic mass is 9.95. The van der Waals surface area contributed by atoms with Gasteiger partial charge < -0.3 is 25.4 Å². The van der Waals surface area contributed by atoms with Crippen molar-refractivity contribution < 1.29 is 20.1 Å². The van der Waals surface area contributed by atoms with E-state index in [2.05, 4.69) is 5.32 Å². The Bertz CT molecular complexity index is 219. The number of aliphatic hydroxyl groups excluding tert-OH is 3. The molecule has 1 aliphatic rings. The molecule has 0 aromatic heterocycles. The van der Waals surface area contributed by atoms with E-state index in [-0.39, 0.29) is 0 Å². The summed E-state index contributed by atoms with van der Waals surface area (Å²) in [6.45, 7) is 3.87. The molecule has 0 aromatic rings. The van der Waals surface area contributed by atoms with E-state index in [4.69, 9.17) is 4.74 Å². The Morgan fingerprint density at radius 1 is 1.57 bits per heavy atom. The average Bonchev–Trinajstić information content (AvgIpc) is 2.11. The van der Waals surface area contributed by atoms with E-state index in [0.29, 0.717) is 12.3 Å². The number of nitrogens with one attached hydrogen (secondary N) is 1. The minimum absolute atomic E-state index is 0.362. The van der Waals surface area contributed by atoms with Crippen molar-refractivity contribution in [2.45, 2.75) is 32.5 Å². The summed E-state index contributed by atoms with van der Waals surface area (Å²) in [7, 11) is 0. The van der Waals surface area contributed by atoms with Gasteiger partial charge in [0, 0.05) is 12.3 Å². The fraction of sp³-hybridized carbons (Fsp3) is 0.778. The topological polar surface area (TPSA) is 82.0 Å². The summed E-state index contributed by atoms with van der Waals surface area (Å²) in [6, 6.07) is 0. The van der Waals surface area contributed by atoms with Crippen molar-refractivity contribution in [2.24, 2.45) is 5.92 Å². The van der Waals surface area contributed by atoms with Crippen LogP contribution in [0.15, 0.2) is 11.8 Å². The molecule has 1 heterocycles. The van der Waals surface area contributed by atoms with Crippen molar-refractivity contribution in [1.82, 2.24) is 5.32 Å². The molecule has 0 amide bonds. The van der Waals surface area contributed by atoms with Gasteiger partial charge in [-0.1, -0.05) is 6.08 Å². The molecule has 1 rings (SSSR count). The summed E-state index contributed by atoms with van der Waals surface area (Å²) < 4.78 is 4.96. The summed E-state index contributed by atoms with van der Waals surface area (Å²) in [6.07, 6.45) is -1.54. The molecule has 0 aromatic carbocycles. The lowest BCUT2D eigenvalue weighted by Gasteiger charge is -2.33. The zero-order chi connectivity index (χ0) is 10.7. The highest BCUT2D eigenvalue weighted by Crippen LogP contribution is 2.20. The zero-order valence-electron chi connectivity index (χ0n) is 8.34. The molecule has 0 spiro atoms. The van der Waals surface area contributed by atoms with Crippen LogP contribution in [0.25, 0.3) is 0 Å². The second-order valence-electron chi connectivity index (χ2n) is 3.35. The van der Waals surface area contributed by atoms with Gasteiger partial charge in [0.25, 0.3) is 0 Å². The maximum Gasteiger partial charge on any atom is 0.163 e. The maximum atomic E-state index is 9.56. The summed E-state index contributed by atoms with van der Waals surface area (Å²) in [5, 5.41) is 31.1. The Labute approximate surface area is 83.0 Å². The SMILES string of the molecule is CCOC(O)C1C=C(C)NC(O)C1O. The van der Waals surface area contributed by atoms with Gasteiger partial charge in [-0.3, -0.25) is 0 Å². The minimum Gasteiger partial charge on any atom is -0.388 e. The van der Waals surface area contributed by atoms with Gasteiger partial charge in [0.2, 0.25) is 0 Å². The molecule has 4 atom stereocenters. The molecule has 4 N–H and O–H groups in total. The highest BCUT2D eigenvalue weighted by molar-refractivity contribution is 5.08. The molecule has 0 aliphatic carbocycles. The van der Waals surface area contributed by atoms with Crippen molar-refractivity contribution in [3.8, 4) is 0 Å². The van der Waals surface area contributed by atoms with Gasteiger partial charge in [-0.05, 0) is 13.8 Å². The van der Waals surface area contributed by atoms with Crippen molar-refractivity contribution in [3.63, 3.8) is 0 Å². The van der Waals surface area contributed by atoms with Crippen molar-refractivity contribution in [3.05, 3.63) is 11.8 Å². The van der Waals surface area contributed by atoms with E-state index in [0.717, 1.165) is 0 Å². The van der Waals surface area contributed by atoms with Crippen LogP contribution < -0.4 is 5.32 Å². The Hall–Kier alpha value is -0.620. The summed E-state index contributed by atoms with van der Waals surface area (Å²) in [5.41, 5.74) is 0.714. The van der Waals surface area contributed by atoms with E-state index >= 15 is 0 Å². The molecule has 5 heteroatoms. The van der Waals surface area contributed by atoms with Crippen LogP contribution in [0.2, 0.25) is 0 Å². The number of allylic oxidation sites excluding steroid dienone is 1. The largest absolute Gasteiger partial charge is 0.388 e. The lowest BCUT2D eigenvalue weighted by Crippen LogP contribution is -2.50. The molecule has 0 bridgehead atoms. The number of aliphatic hydroxyl groups is 3. The second-order valence-corrected chi connectivity index (χ2v) is 3.35. The van der Waals surface area contributed by atoms with Crippen LogP contribution in [-0.4, -0.2) is 40.5 Å². The molecule has 5 nitrogen and oxygen atoms in total. The van der Waals surface area contributed by atoms with Gasteiger partial charge in [0.05, 0.1) is 5.92 Å². The Balaban J connectivity index is 2.70. The van der Waals surface area contributed by atoms with Crippen LogP contribution in [0.4, 0.5) is 0 Å². The zero-order valence-corrected chi connectivity index (χ0v) is 8.34. The van der Waals surface area contributed by atoms with E-state index in [9.17, 15) is 15.3 Å². The Kier molecular flexibility index (Phi) is 3.88. The monoisotopic (exact) mass is 203 g/mol. The first-order valence-electron chi connectivity index (χ1n) is 4.67. The smallest absolute Gasteiger partial charge is 0.163 e. The average molecular weight is 203 g/mol. The number of rotatable bonds is 3. The van der Waals surface area contributed by atoms with Gasteiger partial charge in [-0.25, -0.2) is 0 Å². The molecule has 0 fully saturated rings. The number of hydrogen-bond donors (Lipinski definition) is 4. The van der Waals surface area contributed by atoms with Crippen molar-refractivity contribution in [2.75, 3.05) is 6.61 Å². The summed E-state index contributed by atoms with van der Waals surface area (Å²) in [5.74, 6) is -0.591. The molecular formula is C9H17NO4. The Morgan fingerprint density at radius 2 is 2.21 bits per heavy atom. The van der Waals surface area contributed by atoms with Gasteiger partial charge in [0.15, 0.2) is 12.5 Å². The fourth-order valence-electron chi connectivity index (χ4n) is 1.50. The first-order chi connectivity index (χ1) is 6.56. The third-order valence-corrected chi connectivity index (χ3v) is 2.20. The second kappa shape index (κ2) is 4.75. The van der Waals surface area contributed by atoms with E-state index < -0.39 is 24.5 Å². The normalized spacial score (nSPS) is 34.6. The molecule has 82 valence electrons. The van der Waals surface area contributed by atoms with Gasteiger partial charge in [-0.2, -0.15) is 0 Å². The van der Waals surface area contributed by atoms with Crippen LogP contribution in [0.5, 0.6) is 0 Å². The Morgan fingerprint density at radius 3 is 2.79 bits per heavy atom. The van der Waals surface area contributed by atoms with Gasteiger partial charge >= 0.3 is 0 Å². The number of ether oxygens (including phenoxy) is 1. The van der Waals surface area contributed by atoms with E-state index in [1.165, 1.54) is 0 Å². The van der Waals surface area contributed by atoms with Crippen LogP contribution in [0, 0.1) is 5.92 Å². The van der Waals surface area contributed by atoms with Gasteiger partial charge in [0.1, 0.15) is 6.10 Å². The molecule has 1 aliphatic heterocycles. The van der Waals surface area contributed by atoms with Gasteiger partial charge in [-0.15, -0.1) is 0 Å². The third-order valence-electron chi connectivity index (χ3n) is 2.20. The first-order valence-corrected chi connectivity index (χ1v) is 4.67. The fourth-order valence-corrected chi connectivity index (χ4v) is 1.50. The molecular weight excluding hydrogens is 186 g/mol. The van der Waals surface area contributed by atoms with Crippen LogP contribution in [0.1, 0.15) is 13.8 Å². The molecule has 0 radical (unpaired) electrons. The van der Waals surface area contributed by atoms with E-state index in [1.54, 1.807) is 19.9 Å². The van der Waals surface area contributed by atoms with Crippen molar-refractivity contribution >= 4 is 0 Å². The van der Waals surface area contributed by atoms with Crippen LogP contribution in [-0.2, 0) is 4.74 Å². The van der Waals surface area contributed by atoms with Crippen LogP contribution in [0.3, 0.4) is 0 Å². The standard InChI is InChI=1S/C9H17NO4/c1-3-14-9(13)6-4-5(2)10-8(12)7(6)11/h4,6-13H,3H2,1-2H3. The highest BCUT2D eigenvalue weighted by Gasteiger charge is 2.34. The maximum absolute atomic E-state index is 9.56. The highest BCUT2D eigenvalue weighted by atomic mass is 16.6. The van der Waals surface area contributed by atoms with Crippen molar-refractivity contribution in [1.29, 1.82) is 0 Å².